The first-order valence-electron chi connectivity index (χ1n) is 8.96. The summed E-state index contributed by atoms with van der Waals surface area (Å²) in [4.78, 5) is 15.5. The van der Waals surface area contributed by atoms with Crippen molar-refractivity contribution in [2.75, 3.05) is 31.2 Å². The number of anilines is 1. The van der Waals surface area contributed by atoms with Gasteiger partial charge in [0.1, 0.15) is 5.75 Å². The SMILES string of the molecule is CCc1cnc(N2C[C@@H]3[C@H](COc4ccc(C)nc4)CO[C@@H]3C2)nc1. The van der Waals surface area contributed by atoms with Crippen LogP contribution in [0.15, 0.2) is 30.7 Å². The summed E-state index contributed by atoms with van der Waals surface area (Å²) in [5.41, 5.74) is 2.16. The van der Waals surface area contributed by atoms with Crippen molar-refractivity contribution in [3.63, 3.8) is 0 Å². The van der Waals surface area contributed by atoms with Crippen molar-refractivity contribution in [1.29, 1.82) is 0 Å². The Labute approximate surface area is 148 Å². The van der Waals surface area contributed by atoms with Crippen LogP contribution in [0.5, 0.6) is 5.75 Å². The van der Waals surface area contributed by atoms with Crippen LogP contribution < -0.4 is 9.64 Å². The lowest BCUT2D eigenvalue weighted by atomic mass is 9.94. The molecule has 2 saturated heterocycles. The minimum Gasteiger partial charge on any atom is -0.492 e. The molecule has 2 aliphatic rings. The number of aromatic nitrogens is 3. The van der Waals surface area contributed by atoms with E-state index in [9.17, 15) is 0 Å². The third kappa shape index (κ3) is 3.44. The maximum Gasteiger partial charge on any atom is 0.225 e. The van der Waals surface area contributed by atoms with Crippen LogP contribution in [0.25, 0.3) is 0 Å². The summed E-state index contributed by atoms with van der Waals surface area (Å²) in [5, 5.41) is 0. The lowest BCUT2D eigenvalue weighted by Gasteiger charge is -2.20. The Morgan fingerprint density at radius 1 is 1.16 bits per heavy atom. The molecule has 0 bridgehead atoms. The molecular formula is C19H24N4O2. The first kappa shape index (κ1) is 16.3. The molecule has 0 aliphatic carbocycles. The van der Waals surface area contributed by atoms with Gasteiger partial charge in [-0.2, -0.15) is 0 Å². The Morgan fingerprint density at radius 2 is 2.00 bits per heavy atom. The van der Waals surface area contributed by atoms with Gasteiger partial charge in [-0.15, -0.1) is 0 Å². The van der Waals surface area contributed by atoms with Crippen molar-refractivity contribution in [2.24, 2.45) is 11.8 Å². The molecule has 2 aromatic heterocycles. The zero-order chi connectivity index (χ0) is 17.2. The first-order chi connectivity index (χ1) is 12.2. The number of ether oxygens (including phenoxy) is 2. The maximum atomic E-state index is 6.00. The van der Waals surface area contributed by atoms with Gasteiger partial charge in [0.2, 0.25) is 5.95 Å². The molecule has 4 rings (SSSR count). The molecule has 132 valence electrons. The van der Waals surface area contributed by atoms with Crippen molar-refractivity contribution >= 4 is 5.95 Å². The zero-order valence-electron chi connectivity index (χ0n) is 14.8. The molecular weight excluding hydrogens is 316 g/mol. The minimum atomic E-state index is 0.249. The number of aryl methyl sites for hydroxylation is 2. The average molecular weight is 340 g/mol. The lowest BCUT2D eigenvalue weighted by molar-refractivity contribution is 0.108. The van der Waals surface area contributed by atoms with Crippen LogP contribution in [-0.4, -0.2) is 47.4 Å². The van der Waals surface area contributed by atoms with Crippen molar-refractivity contribution in [1.82, 2.24) is 15.0 Å². The lowest BCUT2D eigenvalue weighted by Crippen LogP contribution is -2.27. The number of hydrogen-bond donors (Lipinski definition) is 0. The second-order valence-corrected chi connectivity index (χ2v) is 6.89. The fourth-order valence-corrected chi connectivity index (χ4v) is 3.57. The number of fused-ring (bicyclic) bond motifs is 1. The predicted molar refractivity (Wildman–Crippen MR) is 94.8 cm³/mol. The summed E-state index contributed by atoms with van der Waals surface area (Å²) in [5.74, 6) is 2.49. The molecule has 6 nitrogen and oxygen atoms in total. The van der Waals surface area contributed by atoms with Crippen LogP contribution in [0, 0.1) is 18.8 Å². The van der Waals surface area contributed by atoms with Crippen LogP contribution in [0.3, 0.4) is 0 Å². The largest absolute Gasteiger partial charge is 0.492 e. The van der Waals surface area contributed by atoms with Gasteiger partial charge in [0.25, 0.3) is 0 Å². The van der Waals surface area contributed by atoms with E-state index in [4.69, 9.17) is 9.47 Å². The molecule has 0 spiro atoms. The van der Waals surface area contributed by atoms with Gasteiger partial charge < -0.3 is 14.4 Å². The van der Waals surface area contributed by atoms with E-state index in [0.717, 1.165) is 49.1 Å². The van der Waals surface area contributed by atoms with E-state index in [1.807, 2.05) is 31.5 Å². The highest BCUT2D eigenvalue weighted by atomic mass is 16.5. The molecule has 6 heteroatoms. The fraction of sp³-hybridized carbons (Fsp3) is 0.526. The molecule has 0 radical (unpaired) electrons. The summed E-state index contributed by atoms with van der Waals surface area (Å²) in [7, 11) is 0. The molecule has 0 aromatic carbocycles. The maximum absolute atomic E-state index is 6.00. The van der Waals surface area contributed by atoms with Crippen molar-refractivity contribution in [2.45, 2.75) is 26.4 Å². The predicted octanol–water partition coefficient (Wildman–Crippen LogP) is 2.27. The van der Waals surface area contributed by atoms with E-state index in [0.29, 0.717) is 18.4 Å². The van der Waals surface area contributed by atoms with Gasteiger partial charge in [-0.05, 0) is 31.0 Å². The molecule has 3 atom stereocenters. The summed E-state index contributed by atoms with van der Waals surface area (Å²) >= 11 is 0. The highest BCUT2D eigenvalue weighted by Crippen LogP contribution is 2.35. The molecule has 0 unspecified atom stereocenters. The normalized spacial score (nSPS) is 25.2. The molecule has 0 amide bonds. The van der Waals surface area contributed by atoms with Crippen LogP contribution in [0.1, 0.15) is 18.2 Å². The molecule has 2 fully saturated rings. The Balaban J connectivity index is 1.36. The number of hydrogen-bond acceptors (Lipinski definition) is 6. The average Bonchev–Trinajstić information content (AvgIpc) is 3.22. The third-order valence-corrected chi connectivity index (χ3v) is 5.17. The second-order valence-electron chi connectivity index (χ2n) is 6.89. The van der Waals surface area contributed by atoms with Gasteiger partial charge in [-0.3, -0.25) is 4.98 Å². The first-order valence-corrected chi connectivity index (χ1v) is 8.96. The third-order valence-electron chi connectivity index (χ3n) is 5.17. The van der Waals surface area contributed by atoms with Crippen LogP contribution in [0.2, 0.25) is 0 Å². The fourth-order valence-electron chi connectivity index (χ4n) is 3.57. The summed E-state index contributed by atoms with van der Waals surface area (Å²) in [6.07, 6.45) is 6.83. The number of pyridine rings is 1. The van der Waals surface area contributed by atoms with Gasteiger partial charge >= 0.3 is 0 Å². The van der Waals surface area contributed by atoms with E-state index in [-0.39, 0.29) is 6.10 Å². The Kier molecular flexibility index (Phi) is 4.53. The van der Waals surface area contributed by atoms with Gasteiger partial charge in [-0.25, -0.2) is 9.97 Å². The minimum absolute atomic E-state index is 0.249. The number of rotatable bonds is 5. The standard InChI is InChI=1S/C19H24N4O2/c1-3-14-6-21-19(22-7-14)23-9-17-15(12-25-18(17)10-23)11-24-16-5-4-13(2)20-8-16/h4-8,15,17-18H,3,9-12H2,1-2H3/t15-,17-,18-/m1/s1. The van der Waals surface area contributed by atoms with Crippen LogP contribution in [0.4, 0.5) is 5.95 Å². The van der Waals surface area contributed by atoms with E-state index in [2.05, 4.69) is 26.8 Å². The van der Waals surface area contributed by atoms with Gasteiger partial charge in [0.05, 0.1) is 25.5 Å². The zero-order valence-corrected chi connectivity index (χ0v) is 14.8. The Bertz CT molecular complexity index is 704. The van der Waals surface area contributed by atoms with Gasteiger partial charge in [0.15, 0.2) is 0 Å². The summed E-state index contributed by atoms with van der Waals surface area (Å²) in [6.45, 7) is 7.30. The van der Waals surface area contributed by atoms with Crippen molar-refractivity contribution in [3.05, 3.63) is 42.0 Å². The number of nitrogens with zero attached hydrogens (tertiary/aromatic N) is 4. The topological polar surface area (TPSA) is 60.4 Å². The molecule has 2 aromatic rings. The molecule has 2 aliphatic heterocycles. The van der Waals surface area contributed by atoms with Crippen LogP contribution in [-0.2, 0) is 11.2 Å². The molecule has 4 heterocycles. The highest BCUT2D eigenvalue weighted by Gasteiger charge is 2.44. The van der Waals surface area contributed by atoms with Gasteiger partial charge in [0, 0.05) is 43.0 Å². The van der Waals surface area contributed by atoms with Crippen molar-refractivity contribution in [3.8, 4) is 5.75 Å². The summed E-state index contributed by atoms with van der Waals surface area (Å²) in [6, 6.07) is 3.94. The van der Waals surface area contributed by atoms with E-state index < -0.39 is 0 Å². The van der Waals surface area contributed by atoms with E-state index >= 15 is 0 Å². The van der Waals surface area contributed by atoms with Gasteiger partial charge in [-0.1, -0.05) is 6.92 Å². The summed E-state index contributed by atoms with van der Waals surface area (Å²) < 4.78 is 11.9. The Morgan fingerprint density at radius 3 is 2.72 bits per heavy atom. The quantitative estimate of drug-likeness (QED) is 0.832. The molecule has 0 N–H and O–H groups in total. The highest BCUT2D eigenvalue weighted by molar-refractivity contribution is 5.33. The molecule has 25 heavy (non-hydrogen) atoms. The van der Waals surface area contributed by atoms with Crippen LogP contribution >= 0.6 is 0 Å². The van der Waals surface area contributed by atoms with E-state index in [1.165, 1.54) is 0 Å². The smallest absolute Gasteiger partial charge is 0.225 e. The second kappa shape index (κ2) is 6.96. The Hall–Kier alpha value is -2.21. The van der Waals surface area contributed by atoms with Crippen molar-refractivity contribution < 1.29 is 9.47 Å². The van der Waals surface area contributed by atoms with E-state index in [1.54, 1.807) is 6.20 Å². The monoisotopic (exact) mass is 340 g/mol. The molecule has 0 saturated carbocycles.